The molecule has 1 amide bonds. The zero-order chi connectivity index (χ0) is 15.2. The van der Waals surface area contributed by atoms with Crippen molar-refractivity contribution < 1.29 is 4.79 Å². The Morgan fingerprint density at radius 1 is 1.29 bits per heavy atom. The molecule has 1 heterocycles. The molecule has 0 bridgehead atoms. The van der Waals surface area contributed by atoms with Gasteiger partial charge in [-0.3, -0.25) is 9.89 Å². The number of nitrogens with zero attached hydrogens (tertiary/aromatic N) is 2. The number of amides is 1. The predicted molar refractivity (Wildman–Crippen MR) is 84.1 cm³/mol. The van der Waals surface area contributed by atoms with E-state index in [0.717, 1.165) is 25.0 Å². The Balaban J connectivity index is 1.99. The second-order valence-corrected chi connectivity index (χ2v) is 5.18. The number of likely N-dealkylation sites (N-methyl/N-ethyl adjacent to an activating group) is 1. The van der Waals surface area contributed by atoms with Gasteiger partial charge >= 0.3 is 0 Å². The number of benzene rings is 1. The fourth-order valence-corrected chi connectivity index (χ4v) is 2.21. The Morgan fingerprint density at radius 3 is 2.67 bits per heavy atom. The van der Waals surface area contributed by atoms with E-state index in [9.17, 15) is 4.79 Å². The highest BCUT2D eigenvalue weighted by Gasteiger charge is 2.20. The Morgan fingerprint density at radius 2 is 2.00 bits per heavy atom. The largest absolute Gasteiger partial charge is 0.395 e. The average Bonchev–Trinajstić information content (AvgIpc) is 2.87. The fraction of sp³-hybridized carbons (Fsp3) is 0.375. The number of carbonyl (C=O) groups excluding carboxylic acids is 1. The zero-order valence-corrected chi connectivity index (χ0v) is 12.6. The lowest BCUT2D eigenvalue weighted by Crippen LogP contribution is -2.29. The van der Waals surface area contributed by atoms with Crippen molar-refractivity contribution in [3.8, 4) is 0 Å². The molecule has 0 saturated heterocycles. The smallest absolute Gasteiger partial charge is 0.276 e. The van der Waals surface area contributed by atoms with E-state index in [1.165, 1.54) is 5.56 Å². The molecule has 2 rings (SSSR count). The lowest BCUT2D eigenvalue weighted by Gasteiger charge is -2.16. The number of nitrogens with one attached hydrogen (secondary N) is 1. The van der Waals surface area contributed by atoms with Gasteiger partial charge in [0.05, 0.1) is 11.4 Å². The highest BCUT2D eigenvalue weighted by atomic mass is 16.2. The van der Waals surface area contributed by atoms with Crippen LogP contribution in [0.15, 0.2) is 30.3 Å². The van der Waals surface area contributed by atoms with Crippen LogP contribution in [0.3, 0.4) is 0 Å². The normalized spacial score (nSPS) is 10.6. The molecule has 0 atom stereocenters. The molecule has 2 aromatic rings. The van der Waals surface area contributed by atoms with Crippen LogP contribution in [0.5, 0.6) is 0 Å². The van der Waals surface area contributed by atoms with Crippen molar-refractivity contribution in [1.82, 2.24) is 15.1 Å². The number of aromatic amines is 1. The van der Waals surface area contributed by atoms with E-state index in [4.69, 9.17) is 5.73 Å². The number of hydrogen-bond acceptors (Lipinski definition) is 3. The maximum atomic E-state index is 12.4. The highest BCUT2D eigenvalue weighted by Crippen LogP contribution is 2.17. The van der Waals surface area contributed by atoms with Crippen LogP contribution < -0.4 is 5.73 Å². The van der Waals surface area contributed by atoms with Crippen molar-refractivity contribution in [2.24, 2.45) is 0 Å². The summed E-state index contributed by atoms with van der Waals surface area (Å²) < 4.78 is 0. The Kier molecular flexibility index (Phi) is 4.98. The maximum Gasteiger partial charge on any atom is 0.276 e. The Bertz CT molecular complexity index is 592. The first kappa shape index (κ1) is 15.1. The molecule has 1 aromatic carbocycles. The summed E-state index contributed by atoms with van der Waals surface area (Å²) in [6, 6.07) is 10.1. The molecule has 0 aliphatic rings. The number of nitrogen functional groups attached to an aromatic ring is 1. The van der Waals surface area contributed by atoms with Crippen LogP contribution in [-0.2, 0) is 12.8 Å². The molecule has 21 heavy (non-hydrogen) atoms. The zero-order valence-electron chi connectivity index (χ0n) is 12.6. The van der Waals surface area contributed by atoms with E-state index in [-0.39, 0.29) is 5.91 Å². The third kappa shape index (κ3) is 3.62. The van der Waals surface area contributed by atoms with Crippen LogP contribution in [0.25, 0.3) is 0 Å². The van der Waals surface area contributed by atoms with Gasteiger partial charge in [-0.2, -0.15) is 5.10 Å². The molecule has 0 unspecified atom stereocenters. The third-order valence-corrected chi connectivity index (χ3v) is 3.51. The summed E-state index contributed by atoms with van der Waals surface area (Å²) in [5.74, 6) is -0.137. The summed E-state index contributed by atoms with van der Waals surface area (Å²) in [4.78, 5) is 14.0. The van der Waals surface area contributed by atoms with Gasteiger partial charge in [-0.15, -0.1) is 0 Å². The standard InChI is InChI=1S/C16H22N4O/c1-3-7-13-14(17)15(19-18-13)16(21)20(2)11-10-12-8-5-4-6-9-12/h4-6,8-9H,3,7,10-11,17H2,1-2H3,(H,18,19). The predicted octanol–water partition coefficient (Wildman–Crippen LogP) is 2.26. The molecule has 0 saturated carbocycles. The first-order valence-electron chi connectivity index (χ1n) is 7.25. The first-order chi connectivity index (χ1) is 10.1. The van der Waals surface area contributed by atoms with Gasteiger partial charge in [-0.05, 0) is 18.4 Å². The SMILES string of the molecule is CCCc1[nH]nc(C(=O)N(C)CCc2ccccc2)c1N. The van der Waals surface area contributed by atoms with Crippen LogP contribution in [0.1, 0.15) is 35.1 Å². The van der Waals surface area contributed by atoms with Crippen LogP contribution in [0.4, 0.5) is 5.69 Å². The van der Waals surface area contributed by atoms with E-state index < -0.39 is 0 Å². The number of aryl methyl sites for hydroxylation is 1. The second-order valence-electron chi connectivity index (χ2n) is 5.18. The van der Waals surface area contributed by atoms with E-state index in [2.05, 4.69) is 29.3 Å². The minimum absolute atomic E-state index is 0.137. The number of nitrogens with two attached hydrogens (primary N) is 1. The van der Waals surface area contributed by atoms with Crippen LogP contribution in [-0.4, -0.2) is 34.6 Å². The van der Waals surface area contributed by atoms with Gasteiger partial charge in [0, 0.05) is 13.6 Å². The van der Waals surface area contributed by atoms with Crippen molar-refractivity contribution in [2.45, 2.75) is 26.2 Å². The molecule has 0 radical (unpaired) electrons. The van der Waals surface area contributed by atoms with Crippen LogP contribution in [0, 0.1) is 0 Å². The summed E-state index contributed by atoms with van der Waals surface area (Å²) >= 11 is 0. The number of aromatic nitrogens is 2. The molecule has 5 heteroatoms. The Hall–Kier alpha value is -2.30. The number of rotatable bonds is 6. The first-order valence-corrected chi connectivity index (χ1v) is 7.25. The van der Waals surface area contributed by atoms with Gasteiger partial charge in [0.2, 0.25) is 0 Å². The number of hydrogen-bond donors (Lipinski definition) is 2. The molecule has 0 fully saturated rings. The van der Waals surface area contributed by atoms with Crippen molar-refractivity contribution >= 4 is 11.6 Å². The number of anilines is 1. The molecule has 1 aromatic heterocycles. The van der Waals surface area contributed by atoms with E-state index in [1.807, 2.05) is 18.2 Å². The molecule has 112 valence electrons. The molecular weight excluding hydrogens is 264 g/mol. The quantitative estimate of drug-likeness (QED) is 0.855. The maximum absolute atomic E-state index is 12.4. The summed E-state index contributed by atoms with van der Waals surface area (Å²) in [5, 5.41) is 6.93. The summed E-state index contributed by atoms with van der Waals surface area (Å²) in [5.41, 5.74) is 8.85. The average molecular weight is 286 g/mol. The van der Waals surface area contributed by atoms with E-state index in [1.54, 1.807) is 11.9 Å². The Labute approximate surface area is 125 Å². The van der Waals surface area contributed by atoms with Crippen molar-refractivity contribution in [3.63, 3.8) is 0 Å². The highest BCUT2D eigenvalue weighted by molar-refractivity contribution is 5.97. The van der Waals surface area contributed by atoms with Gasteiger partial charge in [-0.1, -0.05) is 43.7 Å². The van der Waals surface area contributed by atoms with Gasteiger partial charge in [0.25, 0.3) is 5.91 Å². The van der Waals surface area contributed by atoms with Gasteiger partial charge < -0.3 is 10.6 Å². The number of carbonyl (C=O) groups is 1. The van der Waals surface area contributed by atoms with Crippen molar-refractivity contribution in [2.75, 3.05) is 19.3 Å². The third-order valence-electron chi connectivity index (χ3n) is 3.51. The van der Waals surface area contributed by atoms with Crippen LogP contribution >= 0.6 is 0 Å². The lowest BCUT2D eigenvalue weighted by atomic mass is 10.1. The summed E-state index contributed by atoms with van der Waals surface area (Å²) in [6.07, 6.45) is 2.58. The summed E-state index contributed by atoms with van der Waals surface area (Å²) in [6.45, 7) is 2.70. The molecule has 0 aliphatic carbocycles. The number of H-pyrrole nitrogens is 1. The minimum atomic E-state index is -0.137. The topological polar surface area (TPSA) is 75.0 Å². The molecular formula is C16H22N4O. The minimum Gasteiger partial charge on any atom is -0.395 e. The van der Waals surface area contributed by atoms with Crippen molar-refractivity contribution in [3.05, 3.63) is 47.3 Å². The summed E-state index contributed by atoms with van der Waals surface area (Å²) in [7, 11) is 1.78. The van der Waals surface area contributed by atoms with Gasteiger partial charge in [0.15, 0.2) is 5.69 Å². The second kappa shape index (κ2) is 6.92. The molecule has 3 N–H and O–H groups in total. The fourth-order valence-electron chi connectivity index (χ4n) is 2.21. The molecule has 0 aliphatic heterocycles. The van der Waals surface area contributed by atoms with Crippen molar-refractivity contribution in [1.29, 1.82) is 0 Å². The van der Waals surface area contributed by atoms with E-state index >= 15 is 0 Å². The monoisotopic (exact) mass is 286 g/mol. The van der Waals surface area contributed by atoms with Gasteiger partial charge in [-0.25, -0.2) is 0 Å². The van der Waals surface area contributed by atoms with E-state index in [0.29, 0.717) is 17.9 Å². The van der Waals surface area contributed by atoms with Crippen LogP contribution in [0.2, 0.25) is 0 Å². The molecule has 5 nitrogen and oxygen atoms in total. The molecule has 0 spiro atoms. The van der Waals surface area contributed by atoms with Gasteiger partial charge in [0.1, 0.15) is 0 Å². The lowest BCUT2D eigenvalue weighted by molar-refractivity contribution is 0.0792.